The van der Waals surface area contributed by atoms with Gasteiger partial charge >= 0.3 is 0 Å². The average Bonchev–Trinajstić information content (AvgIpc) is 3.21. The number of aromatic nitrogens is 4. The summed E-state index contributed by atoms with van der Waals surface area (Å²) in [7, 11) is 0. The minimum absolute atomic E-state index is 0.287. The van der Waals surface area contributed by atoms with Crippen molar-refractivity contribution in [3.05, 3.63) is 30.7 Å². The van der Waals surface area contributed by atoms with Gasteiger partial charge in [-0.3, -0.25) is 0 Å². The first-order chi connectivity index (χ1) is 11.3. The molecule has 4 heterocycles. The maximum absolute atomic E-state index is 5.75. The van der Waals surface area contributed by atoms with Crippen molar-refractivity contribution in [1.29, 1.82) is 0 Å². The van der Waals surface area contributed by atoms with E-state index in [1.807, 2.05) is 18.5 Å². The maximum atomic E-state index is 5.75. The molecule has 0 aliphatic carbocycles. The van der Waals surface area contributed by atoms with Crippen LogP contribution in [0.2, 0.25) is 0 Å². The molecule has 1 aliphatic heterocycles. The van der Waals surface area contributed by atoms with Crippen molar-refractivity contribution < 1.29 is 0 Å². The number of rotatable bonds is 3. The molecule has 118 valence electrons. The van der Waals surface area contributed by atoms with Crippen molar-refractivity contribution in [2.24, 2.45) is 0 Å². The number of fused-ring (bicyclic) bond motifs is 1. The Morgan fingerprint density at radius 2 is 2.17 bits per heavy atom. The molecule has 6 heteroatoms. The van der Waals surface area contributed by atoms with E-state index in [-0.39, 0.29) is 5.95 Å². The average molecular weight is 308 g/mol. The standard InChI is InChI=1S/C17H20N6/c1-2-11-4-3-9-23(11)14-6-8-19-16-15(14)12(10-21-16)13-5-7-20-17(18)22-13/h5-8,10-11H,2-4,9H2,1H3,(H,19,21)(H2,18,20,22). The van der Waals surface area contributed by atoms with Crippen LogP contribution in [0.15, 0.2) is 30.7 Å². The topological polar surface area (TPSA) is 83.7 Å². The molecule has 0 spiro atoms. The zero-order chi connectivity index (χ0) is 15.8. The Kier molecular flexibility index (Phi) is 3.37. The molecule has 0 saturated carbocycles. The monoisotopic (exact) mass is 308 g/mol. The van der Waals surface area contributed by atoms with Crippen LogP contribution >= 0.6 is 0 Å². The van der Waals surface area contributed by atoms with Crippen LogP contribution in [0.1, 0.15) is 26.2 Å². The first kappa shape index (κ1) is 14.0. The summed E-state index contributed by atoms with van der Waals surface area (Å²) in [5.74, 6) is 0.287. The van der Waals surface area contributed by atoms with Gasteiger partial charge in [-0.05, 0) is 31.4 Å². The third-order valence-electron chi connectivity index (χ3n) is 4.66. The fourth-order valence-corrected chi connectivity index (χ4v) is 3.58. The van der Waals surface area contributed by atoms with E-state index in [2.05, 4.69) is 37.8 Å². The van der Waals surface area contributed by atoms with Gasteiger partial charge in [0.05, 0.1) is 16.8 Å². The molecule has 23 heavy (non-hydrogen) atoms. The molecular weight excluding hydrogens is 288 g/mol. The van der Waals surface area contributed by atoms with E-state index >= 15 is 0 Å². The van der Waals surface area contributed by atoms with Gasteiger partial charge in [0.15, 0.2) is 0 Å². The van der Waals surface area contributed by atoms with Crippen molar-refractivity contribution in [3.63, 3.8) is 0 Å². The summed E-state index contributed by atoms with van der Waals surface area (Å²) in [4.78, 5) is 18.6. The van der Waals surface area contributed by atoms with E-state index < -0.39 is 0 Å². The van der Waals surface area contributed by atoms with Gasteiger partial charge in [0.2, 0.25) is 5.95 Å². The van der Waals surface area contributed by atoms with Crippen LogP contribution in [0.5, 0.6) is 0 Å². The molecule has 3 aromatic rings. The minimum Gasteiger partial charge on any atom is -0.368 e. The minimum atomic E-state index is 0.287. The molecule has 1 aliphatic rings. The molecule has 6 nitrogen and oxygen atoms in total. The van der Waals surface area contributed by atoms with Crippen molar-refractivity contribution in [2.45, 2.75) is 32.2 Å². The van der Waals surface area contributed by atoms with Gasteiger partial charge in [-0.2, -0.15) is 0 Å². The first-order valence-corrected chi connectivity index (χ1v) is 8.09. The maximum Gasteiger partial charge on any atom is 0.220 e. The van der Waals surface area contributed by atoms with E-state index in [1.54, 1.807) is 6.20 Å². The number of hydrogen-bond acceptors (Lipinski definition) is 5. The smallest absolute Gasteiger partial charge is 0.220 e. The van der Waals surface area contributed by atoms with Crippen LogP contribution in [-0.4, -0.2) is 32.5 Å². The van der Waals surface area contributed by atoms with E-state index in [1.165, 1.54) is 18.5 Å². The number of nitrogens with two attached hydrogens (primary N) is 1. The second-order valence-corrected chi connectivity index (χ2v) is 5.95. The van der Waals surface area contributed by atoms with E-state index in [0.717, 1.165) is 35.3 Å². The summed E-state index contributed by atoms with van der Waals surface area (Å²) in [5.41, 5.74) is 9.72. The molecule has 0 radical (unpaired) electrons. The number of hydrogen-bond donors (Lipinski definition) is 2. The Morgan fingerprint density at radius 1 is 1.30 bits per heavy atom. The normalized spacial score (nSPS) is 18.0. The van der Waals surface area contributed by atoms with Gasteiger partial charge < -0.3 is 15.6 Å². The molecule has 0 aromatic carbocycles. The molecule has 4 rings (SSSR count). The Hall–Kier alpha value is -2.63. The van der Waals surface area contributed by atoms with Gasteiger partial charge in [0.25, 0.3) is 0 Å². The predicted molar refractivity (Wildman–Crippen MR) is 92.2 cm³/mol. The number of pyridine rings is 1. The third-order valence-corrected chi connectivity index (χ3v) is 4.66. The lowest BCUT2D eigenvalue weighted by Crippen LogP contribution is -2.28. The highest BCUT2D eigenvalue weighted by Crippen LogP contribution is 2.37. The summed E-state index contributed by atoms with van der Waals surface area (Å²) in [5, 5.41) is 1.12. The molecule has 1 unspecified atom stereocenters. The van der Waals surface area contributed by atoms with E-state index in [9.17, 15) is 0 Å². The highest BCUT2D eigenvalue weighted by atomic mass is 15.2. The van der Waals surface area contributed by atoms with Crippen molar-refractivity contribution in [1.82, 2.24) is 19.9 Å². The van der Waals surface area contributed by atoms with Crippen molar-refractivity contribution in [2.75, 3.05) is 17.2 Å². The van der Waals surface area contributed by atoms with Crippen LogP contribution in [0.4, 0.5) is 11.6 Å². The lowest BCUT2D eigenvalue weighted by atomic mass is 10.1. The molecule has 1 atom stereocenters. The Morgan fingerprint density at radius 3 is 3.00 bits per heavy atom. The molecular formula is C17H20N6. The van der Waals surface area contributed by atoms with E-state index in [4.69, 9.17) is 5.73 Å². The van der Waals surface area contributed by atoms with Gasteiger partial charge in [-0.1, -0.05) is 6.92 Å². The predicted octanol–water partition coefficient (Wildman–Crippen LogP) is 2.98. The molecule has 1 fully saturated rings. The largest absolute Gasteiger partial charge is 0.368 e. The van der Waals surface area contributed by atoms with Crippen LogP contribution < -0.4 is 10.6 Å². The Balaban J connectivity index is 1.91. The van der Waals surface area contributed by atoms with Crippen LogP contribution in [-0.2, 0) is 0 Å². The number of anilines is 2. The van der Waals surface area contributed by atoms with Crippen molar-refractivity contribution in [3.8, 4) is 11.3 Å². The second-order valence-electron chi connectivity index (χ2n) is 5.95. The van der Waals surface area contributed by atoms with E-state index in [0.29, 0.717) is 6.04 Å². The Labute approximate surface area is 134 Å². The van der Waals surface area contributed by atoms with Gasteiger partial charge in [-0.25, -0.2) is 15.0 Å². The van der Waals surface area contributed by atoms with Gasteiger partial charge in [-0.15, -0.1) is 0 Å². The van der Waals surface area contributed by atoms with Crippen LogP contribution in [0.3, 0.4) is 0 Å². The molecule has 0 amide bonds. The van der Waals surface area contributed by atoms with Gasteiger partial charge in [0, 0.05) is 36.7 Å². The summed E-state index contributed by atoms with van der Waals surface area (Å²) >= 11 is 0. The Bertz CT molecular complexity index is 840. The number of H-pyrrole nitrogens is 1. The second kappa shape index (κ2) is 5.53. The SMILES string of the molecule is CCC1CCCN1c1ccnc2[nH]cc(-c3ccnc(N)n3)c12. The first-order valence-electron chi connectivity index (χ1n) is 8.09. The van der Waals surface area contributed by atoms with Crippen molar-refractivity contribution >= 4 is 22.7 Å². The molecule has 3 N–H and O–H groups in total. The number of nitrogen functional groups attached to an aromatic ring is 1. The fourth-order valence-electron chi connectivity index (χ4n) is 3.58. The molecule has 0 bridgehead atoms. The summed E-state index contributed by atoms with van der Waals surface area (Å²) in [6.45, 7) is 3.35. The highest BCUT2D eigenvalue weighted by Gasteiger charge is 2.26. The van der Waals surface area contributed by atoms with Crippen LogP contribution in [0, 0.1) is 0 Å². The lowest BCUT2D eigenvalue weighted by molar-refractivity contribution is 0.647. The fraction of sp³-hybridized carbons (Fsp3) is 0.353. The highest BCUT2D eigenvalue weighted by molar-refractivity contribution is 6.02. The molecule has 3 aromatic heterocycles. The number of nitrogens with zero attached hydrogens (tertiary/aromatic N) is 4. The van der Waals surface area contributed by atoms with Gasteiger partial charge in [0.1, 0.15) is 5.65 Å². The summed E-state index contributed by atoms with van der Waals surface area (Å²) in [6.07, 6.45) is 9.17. The molecule has 1 saturated heterocycles. The van der Waals surface area contributed by atoms with Crippen LogP contribution in [0.25, 0.3) is 22.3 Å². The number of aromatic amines is 1. The zero-order valence-corrected chi connectivity index (χ0v) is 13.2. The lowest BCUT2D eigenvalue weighted by Gasteiger charge is -2.26. The summed E-state index contributed by atoms with van der Waals surface area (Å²) in [6, 6.07) is 4.59. The summed E-state index contributed by atoms with van der Waals surface area (Å²) < 4.78 is 0. The zero-order valence-electron chi connectivity index (χ0n) is 13.2. The quantitative estimate of drug-likeness (QED) is 0.777. The third kappa shape index (κ3) is 2.30. The number of nitrogens with one attached hydrogen (secondary N) is 1.